The number of hydrogen-bond donors (Lipinski definition) is 2. The Hall–Kier alpha value is -4.26. The third kappa shape index (κ3) is 5.92. The second-order valence-corrected chi connectivity index (χ2v) is 7.10. The SMILES string of the molecule is CCc1ccc(C(C#N)NC(=O)c2cn(CCNC(=O)c3ccc(F)cc3OC)nn2)cc1. The van der Waals surface area contributed by atoms with Gasteiger partial charge in [0, 0.05) is 12.6 Å². The molecule has 10 heteroatoms. The monoisotopic (exact) mass is 450 g/mol. The number of ether oxygens (including phenoxy) is 1. The lowest BCUT2D eigenvalue weighted by atomic mass is 10.0. The summed E-state index contributed by atoms with van der Waals surface area (Å²) >= 11 is 0. The maximum absolute atomic E-state index is 13.3. The first-order valence-corrected chi connectivity index (χ1v) is 10.3. The zero-order chi connectivity index (χ0) is 23.8. The van der Waals surface area contributed by atoms with E-state index in [2.05, 4.69) is 27.0 Å². The van der Waals surface area contributed by atoms with Crippen molar-refractivity contribution in [3.63, 3.8) is 0 Å². The molecule has 170 valence electrons. The van der Waals surface area contributed by atoms with Crippen molar-refractivity contribution in [2.24, 2.45) is 0 Å². The molecular formula is C23H23FN6O3. The van der Waals surface area contributed by atoms with E-state index in [1.807, 2.05) is 31.2 Å². The highest BCUT2D eigenvalue weighted by Crippen LogP contribution is 2.19. The molecule has 3 aromatic rings. The van der Waals surface area contributed by atoms with Crippen molar-refractivity contribution in [2.45, 2.75) is 25.9 Å². The average Bonchev–Trinajstić information content (AvgIpc) is 3.31. The third-order valence-corrected chi connectivity index (χ3v) is 4.93. The number of benzene rings is 2. The number of methoxy groups -OCH3 is 1. The summed E-state index contributed by atoms with van der Waals surface area (Å²) in [7, 11) is 1.35. The van der Waals surface area contributed by atoms with E-state index < -0.39 is 23.7 Å². The number of amides is 2. The van der Waals surface area contributed by atoms with Gasteiger partial charge in [0.2, 0.25) is 0 Å². The van der Waals surface area contributed by atoms with Crippen LogP contribution in [0.3, 0.4) is 0 Å². The van der Waals surface area contributed by atoms with E-state index in [1.165, 1.54) is 30.1 Å². The zero-order valence-corrected chi connectivity index (χ0v) is 18.2. The molecule has 1 aromatic heterocycles. The summed E-state index contributed by atoms with van der Waals surface area (Å²) in [4.78, 5) is 24.8. The Morgan fingerprint density at radius 2 is 1.97 bits per heavy atom. The molecule has 2 aromatic carbocycles. The van der Waals surface area contributed by atoms with Crippen LogP contribution in [0.15, 0.2) is 48.7 Å². The van der Waals surface area contributed by atoms with Crippen molar-refractivity contribution >= 4 is 11.8 Å². The van der Waals surface area contributed by atoms with Gasteiger partial charge in [-0.25, -0.2) is 9.07 Å². The van der Waals surface area contributed by atoms with Crippen LogP contribution >= 0.6 is 0 Å². The maximum Gasteiger partial charge on any atom is 0.274 e. The van der Waals surface area contributed by atoms with Crippen molar-refractivity contribution in [1.82, 2.24) is 25.6 Å². The molecule has 1 unspecified atom stereocenters. The predicted molar refractivity (Wildman–Crippen MR) is 117 cm³/mol. The fraction of sp³-hybridized carbons (Fsp3) is 0.261. The molecule has 2 amide bonds. The summed E-state index contributed by atoms with van der Waals surface area (Å²) in [5.41, 5.74) is 2.06. The molecule has 3 rings (SSSR count). The molecule has 9 nitrogen and oxygen atoms in total. The van der Waals surface area contributed by atoms with Crippen molar-refractivity contribution < 1.29 is 18.7 Å². The van der Waals surface area contributed by atoms with Crippen LogP contribution in [-0.4, -0.2) is 40.5 Å². The van der Waals surface area contributed by atoms with E-state index in [4.69, 9.17) is 4.74 Å². The normalized spacial score (nSPS) is 11.3. The van der Waals surface area contributed by atoms with Crippen LogP contribution in [0.1, 0.15) is 44.9 Å². The number of nitrogens with one attached hydrogen (secondary N) is 2. The third-order valence-electron chi connectivity index (χ3n) is 4.93. The minimum absolute atomic E-state index is 0.0481. The molecule has 0 radical (unpaired) electrons. The van der Waals surface area contributed by atoms with Crippen LogP contribution < -0.4 is 15.4 Å². The second kappa shape index (κ2) is 10.9. The molecule has 0 aliphatic heterocycles. The van der Waals surface area contributed by atoms with Crippen LogP contribution in [-0.2, 0) is 13.0 Å². The lowest BCUT2D eigenvalue weighted by Gasteiger charge is -2.11. The number of aryl methyl sites for hydroxylation is 1. The number of aromatic nitrogens is 3. The van der Waals surface area contributed by atoms with Gasteiger partial charge in [-0.2, -0.15) is 5.26 Å². The van der Waals surface area contributed by atoms with Gasteiger partial charge >= 0.3 is 0 Å². The number of hydrogen-bond acceptors (Lipinski definition) is 6. The quantitative estimate of drug-likeness (QED) is 0.516. The number of carbonyl (C=O) groups is 2. The number of halogens is 1. The minimum Gasteiger partial charge on any atom is -0.496 e. The van der Waals surface area contributed by atoms with Gasteiger partial charge in [-0.15, -0.1) is 5.10 Å². The Labute approximate surface area is 190 Å². The van der Waals surface area contributed by atoms with E-state index >= 15 is 0 Å². The number of nitriles is 1. The van der Waals surface area contributed by atoms with E-state index in [0.29, 0.717) is 5.56 Å². The summed E-state index contributed by atoms with van der Waals surface area (Å²) < 4.78 is 19.7. The first-order chi connectivity index (χ1) is 15.9. The van der Waals surface area contributed by atoms with E-state index in [0.717, 1.165) is 18.1 Å². The summed E-state index contributed by atoms with van der Waals surface area (Å²) in [5, 5.41) is 22.5. The highest BCUT2D eigenvalue weighted by atomic mass is 19.1. The van der Waals surface area contributed by atoms with Gasteiger partial charge in [-0.05, 0) is 29.7 Å². The highest BCUT2D eigenvalue weighted by molar-refractivity contribution is 5.96. The summed E-state index contributed by atoms with van der Waals surface area (Å²) in [5.74, 6) is -1.35. The Morgan fingerprint density at radius 1 is 1.21 bits per heavy atom. The molecule has 2 N–H and O–H groups in total. The van der Waals surface area contributed by atoms with Crippen LogP contribution in [0.25, 0.3) is 0 Å². The van der Waals surface area contributed by atoms with E-state index in [1.54, 1.807) is 0 Å². The Balaban J connectivity index is 1.55. The molecule has 0 spiro atoms. The molecule has 0 saturated heterocycles. The van der Waals surface area contributed by atoms with Gasteiger partial charge < -0.3 is 15.4 Å². The second-order valence-electron chi connectivity index (χ2n) is 7.10. The largest absolute Gasteiger partial charge is 0.496 e. The average molecular weight is 450 g/mol. The van der Waals surface area contributed by atoms with Crippen molar-refractivity contribution in [2.75, 3.05) is 13.7 Å². The molecule has 1 heterocycles. The molecule has 0 aliphatic carbocycles. The van der Waals surface area contributed by atoms with Crippen LogP contribution in [0.5, 0.6) is 5.75 Å². The van der Waals surface area contributed by atoms with Crippen LogP contribution in [0.4, 0.5) is 4.39 Å². The predicted octanol–water partition coefficient (Wildman–Crippen LogP) is 2.41. The Morgan fingerprint density at radius 3 is 2.64 bits per heavy atom. The lowest BCUT2D eigenvalue weighted by Crippen LogP contribution is -2.28. The fourth-order valence-electron chi connectivity index (χ4n) is 3.08. The smallest absolute Gasteiger partial charge is 0.274 e. The Kier molecular flexibility index (Phi) is 7.70. The van der Waals surface area contributed by atoms with Gasteiger partial charge in [0.1, 0.15) is 17.6 Å². The molecule has 1 atom stereocenters. The highest BCUT2D eigenvalue weighted by Gasteiger charge is 2.18. The van der Waals surface area contributed by atoms with Gasteiger partial charge in [-0.3, -0.25) is 9.59 Å². The van der Waals surface area contributed by atoms with E-state index in [-0.39, 0.29) is 30.1 Å². The maximum atomic E-state index is 13.3. The van der Waals surface area contributed by atoms with Gasteiger partial charge in [0.25, 0.3) is 11.8 Å². The van der Waals surface area contributed by atoms with Crippen molar-refractivity contribution in [3.05, 3.63) is 76.9 Å². The first kappa shape index (κ1) is 23.4. The summed E-state index contributed by atoms with van der Waals surface area (Å²) in [6.45, 7) is 2.47. The molecule has 0 saturated carbocycles. The van der Waals surface area contributed by atoms with Gasteiger partial charge in [0.15, 0.2) is 5.69 Å². The molecule has 0 bridgehead atoms. The van der Waals surface area contributed by atoms with E-state index in [9.17, 15) is 19.2 Å². The van der Waals surface area contributed by atoms with Crippen LogP contribution in [0, 0.1) is 17.1 Å². The molecule has 33 heavy (non-hydrogen) atoms. The molecular weight excluding hydrogens is 427 g/mol. The number of nitrogens with zero attached hydrogens (tertiary/aromatic N) is 4. The lowest BCUT2D eigenvalue weighted by molar-refractivity contribution is 0.0934. The number of rotatable bonds is 9. The Bertz CT molecular complexity index is 1170. The molecule has 0 aliphatic rings. The van der Waals surface area contributed by atoms with Gasteiger partial charge in [0.05, 0.1) is 31.5 Å². The summed E-state index contributed by atoms with van der Waals surface area (Å²) in [6, 6.07) is 12.3. The first-order valence-electron chi connectivity index (χ1n) is 10.3. The minimum atomic E-state index is -0.821. The van der Waals surface area contributed by atoms with Crippen molar-refractivity contribution in [1.29, 1.82) is 5.26 Å². The topological polar surface area (TPSA) is 122 Å². The standard InChI is InChI=1S/C23H23FN6O3/c1-3-15-4-6-16(7-5-15)19(13-25)27-23(32)20-14-30(29-28-20)11-10-26-22(31)18-9-8-17(24)12-21(18)33-2/h4-9,12,14,19H,3,10-11H2,1-2H3,(H,26,31)(H,27,32). The van der Waals surface area contributed by atoms with Crippen molar-refractivity contribution in [3.8, 4) is 11.8 Å². The fourth-order valence-corrected chi connectivity index (χ4v) is 3.08. The zero-order valence-electron chi connectivity index (χ0n) is 18.2. The molecule has 0 fully saturated rings. The van der Waals surface area contributed by atoms with Crippen LogP contribution in [0.2, 0.25) is 0 Å². The van der Waals surface area contributed by atoms with Gasteiger partial charge in [-0.1, -0.05) is 36.4 Å². The summed E-state index contributed by atoms with van der Waals surface area (Å²) in [6.07, 6.45) is 2.31. The number of carbonyl (C=O) groups excluding carboxylic acids is 2.